The van der Waals surface area contributed by atoms with Crippen molar-refractivity contribution >= 4 is 16.7 Å². The number of aromatic amines is 1. The summed E-state index contributed by atoms with van der Waals surface area (Å²) in [5.41, 5.74) is 3.99. The predicted molar refractivity (Wildman–Crippen MR) is 117 cm³/mol. The van der Waals surface area contributed by atoms with Gasteiger partial charge in [-0.1, -0.05) is 12.1 Å². The highest BCUT2D eigenvalue weighted by molar-refractivity contribution is 6.10. The molecule has 3 heterocycles. The molecule has 0 amide bonds. The lowest BCUT2D eigenvalue weighted by Gasteiger charge is -2.09. The fraction of sp³-hybridized carbons (Fsp3) is 0.160. The van der Waals surface area contributed by atoms with Crippen LogP contribution >= 0.6 is 0 Å². The number of H-pyrrole nitrogens is 1. The van der Waals surface area contributed by atoms with Gasteiger partial charge in [-0.05, 0) is 54.8 Å². The van der Waals surface area contributed by atoms with Gasteiger partial charge in [0.1, 0.15) is 0 Å². The van der Waals surface area contributed by atoms with E-state index in [2.05, 4.69) is 9.97 Å². The molecule has 2 aromatic heterocycles. The molecule has 2 aromatic carbocycles. The van der Waals surface area contributed by atoms with Gasteiger partial charge in [-0.3, -0.25) is 14.6 Å². The minimum absolute atomic E-state index is 0.1000. The molecule has 0 aliphatic carbocycles. The standard InChI is InChI=1S/C25H20N2O4/c1-14-3-4-17(9-15(14)2)24(28)19-13-27-20-12-22-21(11-18(20)25(19)29)30-23(31-22)10-16-5-7-26-8-6-16/h3-9,11-13,23H,10H2,1-2H3,(H,27,29). The molecule has 1 aliphatic rings. The number of ether oxygens (including phenoxy) is 2. The molecule has 1 atom stereocenters. The summed E-state index contributed by atoms with van der Waals surface area (Å²) in [6, 6.07) is 12.6. The molecule has 1 N–H and O–H groups in total. The Morgan fingerprint density at radius 2 is 1.74 bits per heavy atom. The maximum absolute atomic E-state index is 13.1. The van der Waals surface area contributed by atoms with Gasteiger partial charge in [0, 0.05) is 36.6 Å². The van der Waals surface area contributed by atoms with Crippen molar-refractivity contribution in [3.05, 3.63) is 99.1 Å². The van der Waals surface area contributed by atoms with Crippen LogP contribution in [0, 0.1) is 13.8 Å². The molecule has 0 spiro atoms. The number of nitrogens with one attached hydrogen (secondary N) is 1. The summed E-state index contributed by atoms with van der Waals surface area (Å²) < 4.78 is 11.8. The second-order valence-corrected chi connectivity index (χ2v) is 7.73. The maximum atomic E-state index is 13.1. The van der Waals surface area contributed by atoms with Crippen LogP contribution in [0.3, 0.4) is 0 Å². The first-order chi connectivity index (χ1) is 15.0. The highest BCUT2D eigenvalue weighted by atomic mass is 16.7. The normalized spacial score (nSPS) is 14.7. The Kier molecular flexibility index (Phi) is 4.55. The Morgan fingerprint density at radius 3 is 2.48 bits per heavy atom. The van der Waals surface area contributed by atoms with E-state index in [4.69, 9.17) is 9.47 Å². The summed E-state index contributed by atoms with van der Waals surface area (Å²) in [7, 11) is 0. The summed E-state index contributed by atoms with van der Waals surface area (Å²) in [5.74, 6) is 0.753. The third kappa shape index (κ3) is 3.46. The van der Waals surface area contributed by atoms with E-state index in [0.29, 0.717) is 34.4 Å². The van der Waals surface area contributed by atoms with E-state index in [1.165, 1.54) is 6.20 Å². The zero-order valence-corrected chi connectivity index (χ0v) is 17.1. The molecular weight excluding hydrogens is 392 g/mol. The molecule has 5 rings (SSSR count). The Morgan fingerprint density at radius 1 is 1.00 bits per heavy atom. The second kappa shape index (κ2) is 7.40. The van der Waals surface area contributed by atoms with E-state index in [-0.39, 0.29) is 16.8 Å². The molecule has 0 fully saturated rings. The summed E-state index contributed by atoms with van der Waals surface area (Å²) in [5, 5.41) is 0.390. The Bertz CT molecular complexity index is 1380. The van der Waals surface area contributed by atoms with E-state index < -0.39 is 6.29 Å². The lowest BCUT2D eigenvalue weighted by Crippen LogP contribution is -2.20. The number of nitrogens with zero attached hydrogens (tertiary/aromatic N) is 1. The van der Waals surface area contributed by atoms with Gasteiger partial charge >= 0.3 is 0 Å². The van der Waals surface area contributed by atoms with Crippen molar-refractivity contribution in [1.29, 1.82) is 0 Å². The summed E-state index contributed by atoms with van der Waals surface area (Å²) >= 11 is 0. The number of ketones is 1. The maximum Gasteiger partial charge on any atom is 0.245 e. The SMILES string of the molecule is Cc1ccc(C(=O)c2c[nH]c3cc4c(cc3c2=O)OC(Cc2ccncc2)O4)cc1C. The Labute approximate surface area is 178 Å². The molecule has 6 nitrogen and oxygen atoms in total. The van der Waals surface area contributed by atoms with Crippen LogP contribution in [-0.4, -0.2) is 22.0 Å². The summed E-state index contributed by atoms with van der Waals surface area (Å²) in [6.45, 7) is 3.93. The van der Waals surface area contributed by atoms with E-state index in [1.807, 2.05) is 38.1 Å². The molecule has 0 radical (unpaired) electrons. The van der Waals surface area contributed by atoms with Crippen LogP contribution in [0.25, 0.3) is 10.9 Å². The smallest absolute Gasteiger partial charge is 0.245 e. The molecule has 154 valence electrons. The average Bonchev–Trinajstić information content (AvgIpc) is 3.16. The van der Waals surface area contributed by atoms with Crippen LogP contribution in [0.5, 0.6) is 11.5 Å². The van der Waals surface area contributed by atoms with E-state index >= 15 is 0 Å². The third-order valence-corrected chi connectivity index (χ3v) is 5.63. The largest absolute Gasteiger partial charge is 0.451 e. The van der Waals surface area contributed by atoms with Crippen molar-refractivity contribution in [2.45, 2.75) is 26.6 Å². The van der Waals surface area contributed by atoms with Crippen LogP contribution in [0.2, 0.25) is 0 Å². The number of hydrogen-bond donors (Lipinski definition) is 1. The van der Waals surface area contributed by atoms with Crippen LogP contribution < -0.4 is 14.9 Å². The second-order valence-electron chi connectivity index (χ2n) is 7.73. The molecule has 0 saturated carbocycles. The molecule has 0 bridgehead atoms. The van der Waals surface area contributed by atoms with Crippen LogP contribution in [-0.2, 0) is 6.42 Å². The van der Waals surface area contributed by atoms with Crippen molar-refractivity contribution in [2.75, 3.05) is 0 Å². The fourth-order valence-electron chi connectivity index (χ4n) is 3.72. The highest BCUT2D eigenvalue weighted by Crippen LogP contribution is 2.37. The summed E-state index contributed by atoms with van der Waals surface area (Å²) in [6.07, 6.45) is 4.98. The zero-order chi connectivity index (χ0) is 21.5. The minimum Gasteiger partial charge on any atom is -0.451 e. The van der Waals surface area contributed by atoms with Gasteiger partial charge in [0.2, 0.25) is 11.7 Å². The number of fused-ring (bicyclic) bond motifs is 2. The number of carbonyl (C=O) groups is 1. The number of rotatable bonds is 4. The first kappa shape index (κ1) is 19.1. The first-order valence-corrected chi connectivity index (χ1v) is 10.0. The number of aromatic nitrogens is 2. The molecule has 1 aliphatic heterocycles. The van der Waals surface area contributed by atoms with Crippen LogP contribution in [0.1, 0.15) is 32.6 Å². The molecule has 4 aromatic rings. The average molecular weight is 412 g/mol. The van der Waals surface area contributed by atoms with Crippen LogP contribution in [0.4, 0.5) is 0 Å². The topological polar surface area (TPSA) is 81.3 Å². The van der Waals surface area contributed by atoms with Crippen molar-refractivity contribution in [1.82, 2.24) is 9.97 Å². The van der Waals surface area contributed by atoms with Gasteiger partial charge in [-0.2, -0.15) is 0 Å². The van der Waals surface area contributed by atoms with Crippen molar-refractivity contribution in [3.8, 4) is 11.5 Å². The number of hydrogen-bond acceptors (Lipinski definition) is 5. The Balaban J connectivity index is 1.48. The summed E-state index contributed by atoms with van der Waals surface area (Å²) in [4.78, 5) is 33.2. The lowest BCUT2D eigenvalue weighted by molar-refractivity contribution is 0.0503. The van der Waals surface area contributed by atoms with Gasteiger partial charge in [-0.15, -0.1) is 0 Å². The molecule has 6 heteroatoms. The molecule has 31 heavy (non-hydrogen) atoms. The van der Waals surface area contributed by atoms with E-state index in [0.717, 1.165) is 16.7 Å². The predicted octanol–water partition coefficient (Wildman–Crippen LogP) is 4.11. The Hall–Kier alpha value is -3.93. The van der Waals surface area contributed by atoms with Gasteiger partial charge in [-0.25, -0.2) is 0 Å². The fourth-order valence-corrected chi connectivity index (χ4v) is 3.72. The molecular formula is C25H20N2O4. The molecule has 0 saturated heterocycles. The number of aryl methyl sites for hydroxylation is 2. The lowest BCUT2D eigenvalue weighted by atomic mass is 9.99. The number of carbonyl (C=O) groups excluding carboxylic acids is 1. The number of pyridine rings is 2. The van der Waals surface area contributed by atoms with E-state index in [1.54, 1.807) is 30.6 Å². The van der Waals surface area contributed by atoms with Crippen LogP contribution in [0.15, 0.2) is 65.8 Å². The monoisotopic (exact) mass is 412 g/mol. The van der Waals surface area contributed by atoms with Crippen molar-refractivity contribution in [2.24, 2.45) is 0 Å². The molecule has 1 unspecified atom stereocenters. The van der Waals surface area contributed by atoms with Crippen molar-refractivity contribution < 1.29 is 14.3 Å². The number of benzene rings is 2. The quantitative estimate of drug-likeness (QED) is 0.510. The van der Waals surface area contributed by atoms with Gasteiger partial charge < -0.3 is 14.5 Å². The zero-order valence-electron chi connectivity index (χ0n) is 17.1. The van der Waals surface area contributed by atoms with E-state index in [9.17, 15) is 9.59 Å². The first-order valence-electron chi connectivity index (χ1n) is 10.0. The van der Waals surface area contributed by atoms with Gasteiger partial charge in [0.15, 0.2) is 17.3 Å². The highest BCUT2D eigenvalue weighted by Gasteiger charge is 2.26. The van der Waals surface area contributed by atoms with Gasteiger partial charge in [0.25, 0.3) is 0 Å². The van der Waals surface area contributed by atoms with Crippen molar-refractivity contribution in [3.63, 3.8) is 0 Å². The van der Waals surface area contributed by atoms with Gasteiger partial charge in [0.05, 0.1) is 16.5 Å². The third-order valence-electron chi connectivity index (χ3n) is 5.63. The minimum atomic E-state index is -0.485.